The smallest absolute Gasteiger partial charge is 0.239 e. The maximum Gasteiger partial charge on any atom is 0.239 e. The number of nitriles is 1. The summed E-state index contributed by atoms with van der Waals surface area (Å²) in [6.07, 6.45) is 0. The van der Waals surface area contributed by atoms with Crippen LogP contribution in [0.4, 0.5) is 17.2 Å². The molecule has 5 nitrogen and oxygen atoms in total. The molecule has 1 heterocycles. The predicted molar refractivity (Wildman–Crippen MR) is 82.0 cm³/mol. The summed E-state index contributed by atoms with van der Waals surface area (Å²) in [6.45, 7) is 2.35. The maximum absolute atomic E-state index is 9.10. The molecule has 0 aliphatic carbocycles. The Bertz CT molecular complexity index is 667. The summed E-state index contributed by atoms with van der Waals surface area (Å²) in [5.74, 6) is 0.947. The zero-order chi connectivity index (χ0) is 14.5. The molecule has 20 heavy (non-hydrogen) atoms. The number of ether oxygens (including phenoxy) is 1. The first-order valence-electron chi connectivity index (χ1n) is 6.00. The molecule has 0 radical (unpaired) electrons. The van der Waals surface area contributed by atoms with Crippen molar-refractivity contribution in [1.29, 1.82) is 5.26 Å². The van der Waals surface area contributed by atoms with Crippen molar-refractivity contribution in [2.45, 2.75) is 6.92 Å². The Morgan fingerprint density at radius 2 is 2.20 bits per heavy atom. The first-order chi connectivity index (χ1) is 9.63. The lowest BCUT2D eigenvalue weighted by Gasteiger charge is -2.11. The lowest BCUT2D eigenvalue weighted by atomic mass is 10.2. The number of halogens is 1. The highest BCUT2D eigenvalue weighted by Crippen LogP contribution is 2.26. The SMILES string of the molecule is CCOc1nc(Nc2cc(Br)ccc2C#N)ccc1N. The van der Waals surface area contributed by atoms with Crippen LogP contribution >= 0.6 is 15.9 Å². The van der Waals surface area contributed by atoms with Crippen molar-refractivity contribution in [3.63, 3.8) is 0 Å². The van der Waals surface area contributed by atoms with Crippen molar-refractivity contribution in [2.24, 2.45) is 0 Å². The van der Waals surface area contributed by atoms with Gasteiger partial charge in [0, 0.05) is 4.47 Å². The Balaban J connectivity index is 2.33. The first-order valence-corrected chi connectivity index (χ1v) is 6.79. The summed E-state index contributed by atoms with van der Waals surface area (Å²) >= 11 is 3.38. The van der Waals surface area contributed by atoms with Crippen LogP contribution in [0.25, 0.3) is 0 Å². The second-order valence-electron chi connectivity index (χ2n) is 3.95. The largest absolute Gasteiger partial charge is 0.476 e. The summed E-state index contributed by atoms with van der Waals surface area (Å²) in [5.41, 5.74) is 7.45. The molecule has 2 aromatic rings. The zero-order valence-electron chi connectivity index (χ0n) is 10.9. The number of nitrogens with two attached hydrogens (primary N) is 1. The molecule has 3 N–H and O–H groups in total. The highest BCUT2D eigenvalue weighted by atomic mass is 79.9. The highest BCUT2D eigenvalue weighted by molar-refractivity contribution is 9.10. The van der Waals surface area contributed by atoms with Gasteiger partial charge in [0.25, 0.3) is 0 Å². The molecule has 0 spiro atoms. The molecule has 102 valence electrons. The van der Waals surface area contributed by atoms with E-state index < -0.39 is 0 Å². The molecule has 0 bridgehead atoms. The Kier molecular flexibility index (Phi) is 4.43. The Labute approximate surface area is 125 Å². The van der Waals surface area contributed by atoms with Crippen molar-refractivity contribution in [2.75, 3.05) is 17.7 Å². The van der Waals surface area contributed by atoms with Gasteiger partial charge in [0.1, 0.15) is 11.9 Å². The van der Waals surface area contributed by atoms with Crippen LogP contribution in [-0.2, 0) is 0 Å². The number of hydrogen-bond donors (Lipinski definition) is 2. The molecular weight excluding hydrogens is 320 g/mol. The van der Waals surface area contributed by atoms with Crippen LogP contribution in [0.2, 0.25) is 0 Å². The van der Waals surface area contributed by atoms with E-state index >= 15 is 0 Å². The molecule has 0 unspecified atom stereocenters. The number of hydrogen-bond acceptors (Lipinski definition) is 5. The second kappa shape index (κ2) is 6.26. The second-order valence-corrected chi connectivity index (χ2v) is 4.87. The van der Waals surface area contributed by atoms with Gasteiger partial charge in [-0.1, -0.05) is 15.9 Å². The minimum absolute atomic E-state index is 0.381. The van der Waals surface area contributed by atoms with Crippen molar-refractivity contribution in [3.8, 4) is 11.9 Å². The summed E-state index contributed by atoms with van der Waals surface area (Å²) in [7, 11) is 0. The number of nitrogen functional groups attached to an aromatic ring is 1. The summed E-state index contributed by atoms with van der Waals surface area (Å²) in [6, 6.07) is 10.9. The molecular formula is C14H13BrN4O. The Morgan fingerprint density at radius 1 is 1.40 bits per heavy atom. The average molecular weight is 333 g/mol. The molecule has 0 atom stereocenters. The van der Waals surface area contributed by atoms with Crippen molar-refractivity contribution < 1.29 is 4.74 Å². The van der Waals surface area contributed by atoms with Gasteiger partial charge in [-0.2, -0.15) is 10.2 Å². The van der Waals surface area contributed by atoms with Crippen LogP contribution in [0.15, 0.2) is 34.8 Å². The lowest BCUT2D eigenvalue weighted by molar-refractivity contribution is 0.329. The third kappa shape index (κ3) is 3.19. The van der Waals surface area contributed by atoms with Gasteiger partial charge in [-0.25, -0.2) is 0 Å². The molecule has 0 saturated heterocycles. The number of anilines is 3. The number of aromatic nitrogens is 1. The minimum Gasteiger partial charge on any atom is -0.476 e. The molecule has 0 fully saturated rings. The molecule has 0 saturated carbocycles. The van der Waals surface area contributed by atoms with Gasteiger partial charge < -0.3 is 15.8 Å². The maximum atomic E-state index is 9.10. The zero-order valence-corrected chi connectivity index (χ0v) is 12.4. The number of nitrogens with zero attached hydrogens (tertiary/aromatic N) is 2. The van der Waals surface area contributed by atoms with Crippen LogP contribution in [0, 0.1) is 11.3 Å². The van der Waals surface area contributed by atoms with E-state index in [9.17, 15) is 0 Å². The van der Waals surface area contributed by atoms with E-state index in [4.69, 9.17) is 15.7 Å². The number of rotatable bonds is 4. The Morgan fingerprint density at radius 3 is 2.90 bits per heavy atom. The van der Waals surface area contributed by atoms with Gasteiger partial charge >= 0.3 is 0 Å². The fourth-order valence-electron chi connectivity index (χ4n) is 1.63. The van der Waals surface area contributed by atoms with E-state index in [1.807, 2.05) is 19.1 Å². The normalized spacial score (nSPS) is 9.85. The third-order valence-corrected chi connectivity index (χ3v) is 3.03. The monoisotopic (exact) mass is 332 g/mol. The van der Waals surface area contributed by atoms with Gasteiger partial charge in [-0.3, -0.25) is 0 Å². The molecule has 0 aliphatic heterocycles. The minimum atomic E-state index is 0.381. The van der Waals surface area contributed by atoms with Crippen molar-refractivity contribution in [1.82, 2.24) is 4.98 Å². The molecule has 2 rings (SSSR count). The van der Waals surface area contributed by atoms with Gasteiger partial charge in [0.05, 0.1) is 23.5 Å². The van der Waals surface area contributed by atoms with Crippen LogP contribution in [0.1, 0.15) is 12.5 Å². The van der Waals surface area contributed by atoms with Gasteiger partial charge in [0.15, 0.2) is 0 Å². The number of pyridine rings is 1. The van der Waals surface area contributed by atoms with Crippen LogP contribution in [-0.4, -0.2) is 11.6 Å². The molecule has 1 aromatic carbocycles. The van der Waals surface area contributed by atoms with E-state index in [1.165, 1.54) is 0 Å². The Hall–Kier alpha value is -2.26. The van der Waals surface area contributed by atoms with Gasteiger partial charge in [-0.15, -0.1) is 0 Å². The van der Waals surface area contributed by atoms with Crippen molar-refractivity contribution in [3.05, 3.63) is 40.4 Å². The third-order valence-electron chi connectivity index (χ3n) is 2.54. The summed E-state index contributed by atoms with van der Waals surface area (Å²) in [5, 5.41) is 12.2. The fraction of sp³-hybridized carbons (Fsp3) is 0.143. The van der Waals surface area contributed by atoms with E-state index in [2.05, 4.69) is 32.3 Å². The lowest BCUT2D eigenvalue weighted by Crippen LogP contribution is -2.02. The van der Waals surface area contributed by atoms with Gasteiger partial charge in [-0.05, 0) is 37.3 Å². The topological polar surface area (TPSA) is 84.0 Å². The average Bonchev–Trinajstić information content (AvgIpc) is 2.43. The molecule has 1 aromatic heterocycles. The summed E-state index contributed by atoms with van der Waals surface area (Å²) in [4.78, 5) is 4.28. The number of nitrogens with one attached hydrogen (secondary N) is 1. The van der Waals surface area contributed by atoms with E-state index in [0.717, 1.165) is 4.47 Å². The highest BCUT2D eigenvalue weighted by Gasteiger charge is 2.07. The number of benzene rings is 1. The van der Waals surface area contributed by atoms with E-state index in [0.29, 0.717) is 35.2 Å². The van der Waals surface area contributed by atoms with E-state index in [-0.39, 0.29) is 0 Å². The fourth-order valence-corrected chi connectivity index (χ4v) is 1.99. The first kappa shape index (κ1) is 14.2. The predicted octanol–water partition coefficient (Wildman–Crippen LogP) is 3.44. The van der Waals surface area contributed by atoms with Crippen LogP contribution in [0.5, 0.6) is 5.88 Å². The molecule has 0 aliphatic rings. The van der Waals surface area contributed by atoms with E-state index in [1.54, 1.807) is 18.2 Å². The van der Waals surface area contributed by atoms with Gasteiger partial charge in [0.2, 0.25) is 5.88 Å². The van der Waals surface area contributed by atoms with Crippen molar-refractivity contribution >= 4 is 33.1 Å². The molecule has 0 amide bonds. The standard InChI is InChI=1S/C14H13BrN4O/c1-2-20-14-11(17)5-6-13(19-14)18-12-7-10(15)4-3-9(12)8-16/h3-7H,2,17H2,1H3,(H,18,19). The summed E-state index contributed by atoms with van der Waals surface area (Å²) < 4.78 is 6.22. The molecule has 6 heteroatoms. The quantitative estimate of drug-likeness (QED) is 0.895. The van der Waals surface area contributed by atoms with Crippen LogP contribution in [0.3, 0.4) is 0 Å². The van der Waals surface area contributed by atoms with Crippen LogP contribution < -0.4 is 15.8 Å².